The zero-order valence-electron chi connectivity index (χ0n) is 11.7. The van der Waals surface area contributed by atoms with Gasteiger partial charge in [0.25, 0.3) is 0 Å². The largest absolute Gasteiger partial charge is 0.511 e. The molecule has 0 amide bonds. The number of rotatable bonds is 4. The van der Waals surface area contributed by atoms with Crippen LogP contribution in [0.3, 0.4) is 0 Å². The normalized spacial score (nSPS) is 21.0. The summed E-state index contributed by atoms with van der Waals surface area (Å²) >= 11 is 0. The van der Waals surface area contributed by atoms with Crippen molar-refractivity contribution >= 4 is 11.9 Å². The molecule has 1 aliphatic carbocycles. The average molecular weight is 294 g/mol. The van der Waals surface area contributed by atoms with Gasteiger partial charge in [0.15, 0.2) is 11.6 Å². The van der Waals surface area contributed by atoms with E-state index in [1.54, 1.807) is 42.7 Å². The second-order valence-corrected chi connectivity index (χ2v) is 4.91. The Kier molecular flexibility index (Phi) is 3.70. The van der Waals surface area contributed by atoms with Crippen LogP contribution < -0.4 is 0 Å². The molecule has 0 aliphatic heterocycles. The summed E-state index contributed by atoms with van der Waals surface area (Å²) in [6.45, 7) is 0. The van der Waals surface area contributed by atoms with Gasteiger partial charge < -0.3 is 9.52 Å². The number of hydrogen-bond donors (Lipinski definition) is 1. The molecule has 110 valence electrons. The first-order valence-corrected chi connectivity index (χ1v) is 6.83. The van der Waals surface area contributed by atoms with Gasteiger partial charge in [-0.15, -0.1) is 0 Å². The van der Waals surface area contributed by atoms with Gasteiger partial charge in [0.1, 0.15) is 11.2 Å². The highest BCUT2D eigenvalue weighted by Crippen LogP contribution is 2.38. The molecule has 2 aromatic heterocycles. The summed E-state index contributed by atoms with van der Waals surface area (Å²) in [7, 11) is 0. The van der Waals surface area contributed by atoms with E-state index in [2.05, 4.69) is 9.97 Å². The molecule has 0 bridgehead atoms. The Bertz CT molecular complexity index is 745. The first kappa shape index (κ1) is 14.0. The second kappa shape index (κ2) is 5.81. The van der Waals surface area contributed by atoms with Gasteiger partial charge in [-0.3, -0.25) is 4.79 Å². The molecular formula is C17H14N2O3. The highest BCUT2D eigenvalue weighted by atomic mass is 16.3. The summed E-state index contributed by atoms with van der Waals surface area (Å²) in [6, 6.07) is 4.91. The van der Waals surface area contributed by atoms with Crippen molar-refractivity contribution in [3.63, 3.8) is 0 Å². The highest BCUT2D eigenvalue weighted by molar-refractivity contribution is 6.02. The van der Waals surface area contributed by atoms with Crippen LogP contribution in [0.15, 0.2) is 71.3 Å². The third kappa shape index (κ3) is 2.48. The van der Waals surface area contributed by atoms with Crippen LogP contribution in [0.25, 0.3) is 6.08 Å². The minimum absolute atomic E-state index is 0.110. The lowest BCUT2D eigenvalue weighted by atomic mass is 9.75. The Hall–Kier alpha value is -2.95. The van der Waals surface area contributed by atoms with Crippen molar-refractivity contribution in [2.75, 3.05) is 0 Å². The number of nitrogens with zero attached hydrogens (tertiary/aromatic N) is 2. The summed E-state index contributed by atoms with van der Waals surface area (Å²) in [4.78, 5) is 20.9. The molecule has 1 atom stereocenters. The van der Waals surface area contributed by atoms with Crippen molar-refractivity contribution in [1.29, 1.82) is 0 Å². The lowest BCUT2D eigenvalue weighted by molar-refractivity contribution is 0.0814. The molecule has 0 fully saturated rings. The van der Waals surface area contributed by atoms with Crippen LogP contribution in [0.5, 0.6) is 0 Å². The topological polar surface area (TPSA) is 76.2 Å². The molecule has 1 aliphatic rings. The predicted octanol–water partition coefficient (Wildman–Crippen LogP) is 3.35. The second-order valence-electron chi connectivity index (χ2n) is 4.91. The minimum Gasteiger partial charge on any atom is -0.511 e. The fourth-order valence-electron chi connectivity index (χ4n) is 2.36. The first-order chi connectivity index (χ1) is 10.7. The van der Waals surface area contributed by atoms with E-state index in [1.807, 2.05) is 12.2 Å². The Labute approximate surface area is 127 Å². The molecule has 2 aromatic rings. The predicted molar refractivity (Wildman–Crippen MR) is 81.0 cm³/mol. The molecule has 0 spiro atoms. The number of ketones is 1. The van der Waals surface area contributed by atoms with Gasteiger partial charge in [-0.2, -0.15) is 0 Å². The van der Waals surface area contributed by atoms with E-state index in [4.69, 9.17) is 4.42 Å². The van der Waals surface area contributed by atoms with Crippen molar-refractivity contribution < 1.29 is 14.3 Å². The number of aliphatic hydroxyl groups excluding tert-OH is 1. The number of allylic oxidation sites excluding steroid dienone is 4. The number of hydrogen-bond acceptors (Lipinski definition) is 5. The smallest absolute Gasteiger partial charge is 0.215 e. The SMILES string of the molecule is O=C(c1ccco1)C1(/C(O)=C/c2ncccn2)C=CC=CC1. The van der Waals surface area contributed by atoms with Crippen LogP contribution in [0.2, 0.25) is 0 Å². The molecule has 5 nitrogen and oxygen atoms in total. The molecule has 22 heavy (non-hydrogen) atoms. The van der Waals surface area contributed by atoms with Crippen molar-refractivity contribution in [3.8, 4) is 0 Å². The fraction of sp³-hybridized carbons (Fsp3) is 0.118. The van der Waals surface area contributed by atoms with Crippen molar-refractivity contribution in [2.45, 2.75) is 6.42 Å². The lowest BCUT2D eigenvalue weighted by Gasteiger charge is -2.28. The van der Waals surface area contributed by atoms with Crippen LogP contribution in [0, 0.1) is 5.41 Å². The maximum atomic E-state index is 12.8. The molecule has 1 unspecified atom stereocenters. The van der Waals surface area contributed by atoms with E-state index >= 15 is 0 Å². The van der Waals surface area contributed by atoms with E-state index in [0.29, 0.717) is 12.2 Å². The summed E-state index contributed by atoms with van der Waals surface area (Å²) in [5.41, 5.74) is -1.19. The van der Waals surface area contributed by atoms with E-state index in [1.165, 1.54) is 12.3 Å². The Morgan fingerprint density at radius 1 is 1.27 bits per heavy atom. The van der Waals surface area contributed by atoms with Crippen LogP contribution in [-0.4, -0.2) is 20.9 Å². The van der Waals surface area contributed by atoms with Crippen LogP contribution >= 0.6 is 0 Å². The molecule has 0 radical (unpaired) electrons. The number of carbonyl (C=O) groups is 1. The third-order valence-electron chi connectivity index (χ3n) is 3.53. The zero-order valence-corrected chi connectivity index (χ0v) is 11.7. The monoisotopic (exact) mass is 294 g/mol. The van der Waals surface area contributed by atoms with Crippen molar-refractivity contribution in [1.82, 2.24) is 9.97 Å². The molecule has 1 N–H and O–H groups in total. The van der Waals surface area contributed by atoms with Gasteiger partial charge in [0, 0.05) is 18.5 Å². The fourth-order valence-corrected chi connectivity index (χ4v) is 2.36. The first-order valence-electron chi connectivity index (χ1n) is 6.83. The maximum Gasteiger partial charge on any atom is 0.215 e. The van der Waals surface area contributed by atoms with E-state index in [-0.39, 0.29) is 17.3 Å². The van der Waals surface area contributed by atoms with Crippen molar-refractivity contribution in [3.05, 3.63) is 78.5 Å². The maximum absolute atomic E-state index is 12.8. The summed E-state index contributed by atoms with van der Waals surface area (Å²) < 4.78 is 5.20. The third-order valence-corrected chi connectivity index (χ3v) is 3.53. The van der Waals surface area contributed by atoms with E-state index < -0.39 is 5.41 Å². The van der Waals surface area contributed by atoms with Crippen LogP contribution in [-0.2, 0) is 0 Å². The number of furan rings is 1. The van der Waals surface area contributed by atoms with Gasteiger partial charge >= 0.3 is 0 Å². The van der Waals surface area contributed by atoms with Gasteiger partial charge in [-0.1, -0.05) is 24.3 Å². The quantitative estimate of drug-likeness (QED) is 0.691. The Morgan fingerprint density at radius 2 is 2.09 bits per heavy atom. The molecule has 0 aromatic carbocycles. The number of carbonyl (C=O) groups excluding carboxylic acids is 1. The average Bonchev–Trinajstić information content (AvgIpc) is 3.10. The number of aromatic nitrogens is 2. The molecule has 0 saturated carbocycles. The molecule has 5 heteroatoms. The summed E-state index contributed by atoms with van der Waals surface area (Å²) in [6.07, 6.45) is 13.4. The van der Waals surface area contributed by atoms with Crippen molar-refractivity contribution in [2.24, 2.45) is 5.41 Å². The molecular weight excluding hydrogens is 280 g/mol. The van der Waals surface area contributed by atoms with Gasteiger partial charge in [0.2, 0.25) is 5.78 Å². The number of aliphatic hydroxyl groups is 1. The molecule has 2 heterocycles. The van der Waals surface area contributed by atoms with Crippen LogP contribution in [0.1, 0.15) is 22.8 Å². The molecule has 3 rings (SSSR count). The summed E-state index contributed by atoms with van der Waals surface area (Å²) in [5.74, 6) is 0.131. The Morgan fingerprint density at radius 3 is 2.73 bits per heavy atom. The molecule has 0 saturated heterocycles. The van der Waals surface area contributed by atoms with E-state index in [0.717, 1.165) is 0 Å². The van der Waals surface area contributed by atoms with Gasteiger partial charge in [-0.05, 0) is 24.6 Å². The number of Topliss-reactive ketones (excluding diaryl/α,β-unsaturated/α-hetero) is 1. The minimum atomic E-state index is -1.19. The van der Waals surface area contributed by atoms with E-state index in [9.17, 15) is 9.90 Å². The summed E-state index contributed by atoms with van der Waals surface area (Å²) in [5, 5.41) is 10.6. The highest BCUT2D eigenvalue weighted by Gasteiger charge is 2.42. The van der Waals surface area contributed by atoms with Gasteiger partial charge in [0.05, 0.1) is 6.26 Å². The zero-order chi connectivity index (χ0) is 15.4. The Balaban J connectivity index is 2.03. The standard InChI is InChI=1S/C17H14N2O3/c20-14(12-15-18-9-5-10-19-15)17(7-2-1-3-8-17)16(21)13-6-4-11-22-13/h1-7,9-12,20H,8H2/b14-12-. The van der Waals surface area contributed by atoms with Crippen LogP contribution in [0.4, 0.5) is 0 Å². The lowest BCUT2D eigenvalue weighted by Crippen LogP contribution is -2.32. The van der Waals surface area contributed by atoms with Gasteiger partial charge in [-0.25, -0.2) is 9.97 Å².